The van der Waals surface area contributed by atoms with Gasteiger partial charge in [-0.25, -0.2) is 4.72 Å². The van der Waals surface area contributed by atoms with Crippen LogP contribution < -0.4 is 4.72 Å². The maximum Gasteiger partial charge on any atom is 0.304 e. The molecule has 0 bridgehead atoms. The lowest BCUT2D eigenvalue weighted by molar-refractivity contribution is -0.137. The van der Waals surface area contributed by atoms with Crippen LogP contribution in [0.4, 0.5) is 0 Å². The molecule has 17 heavy (non-hydrogen) atoms. The van der Waals surface area contributed by atoms with E-state index in [1.807, 2.05) is 4.90 Å². The first-order valence-corrected chi connectivity index (χ1v) is 7.08. The van der Waals surface area contributed by atoms with Crippen LogP contribution in [-0.2, 0) is 15.0 Å². The number of hydrogen-bond acceptors (Lipinski definition) is 4. The predicted octanol–water partition coefficient (Wildman–Crippen LogP) is -1.07. The highest BCUT2D eigenvalue weighted by molar-refractivity contribution is 7.87. The van der Waals surface area contributed by atoms with E-state index >= 15 is 0 Å². The largest absolute Gasteiger partial charge is 0.481 e. The van der Waals surface area contributed by atoms with Gasteiger partial charge in [0.15, 0.2) is 0 Å². The second-order valence-electron chi connectivity index (χ2n) is 3.89. The number of nitrogens with zero attached hydrogens (tertiary/aromatic N) is 2. The van der Waals surface area contributed by atoms with Gasteiger partial charge in [0, 0.05) is 39.3 Å². The molecular formula is C9H19N3O4S. The van der Waals surface area contributed by atoms with E-state index in [4.69, 9.17) is 5.11 Å². The molecule has 1 aliphatic rings. The van der Waals surface area contributed by atoms with Crippen LogP contribution in [0.25, 0.3) is 0 Å². The summed E-state index contributed by atoms with van der Waals surface area (Å²) in [6.45, 7) is 4.58. The molecule has 2 N–H and O–H groups in total. The van der Waals surface area contributed by atoms with Crippen molar-refractivity contribution in [1.82, 2.24) is 13.9 Å². The maximum atomic E-state index is 11.7. The highest BCUT2D eigenvalue weighted by Crippen LogP contribution is 2.06. The third-order valence-corrected chi connectivity index (χ3v) is 4.34. The van der Waals surface area contributed by atoms with Crippen molar-refractivity contribution in [3.8, 4) is 0 Å². The van der Waals surface area contributed by atoms with Crippen molar-refractivity contribution < 1.29 is 18.3 Å². The Hall–Kier alpha value is -0.700. The summed E-state index contributed by atoms with van der Waals surface area (Å²) in [7, 11) is -3.35. The second-order valence-corrected chi connectivity index (χ2v) is 5.64. The normalized spacial score (nSPS) is 19.4. The number of carboxylic acids is 1. The zero-order chi connectivity index (χ0) is 12.9. The summed E-state index contributed by atoms with van der Waals surface area (Å²) in [6, 6.07) is 0. The Morgan fingerprint density at radius 2 is 1.88 bits per heavy atom. The number of hydrogen-bond donors (Lipinski definition) is 2. The molecule has 0 amide bonds. The molecule has 0 aromatic carbocycles. The molecule has 0 unspecified atom stereocenters. The standard InChI is InChI=1S/C9H19N3O4S/c1-2-10-17(15,16)12-7-5-11(6-8-12)4-3-9(13)14/h10H,2-8H2,1H3,(H,13,14). The van der Waals surface area contributed by atoms with Crippen molar-refractivity contribution in [2.45, 2.75) is 13.3 Å². The van der Waals surface area contributed by atoms with Gasteiger partial charge in [0.25, 0.3) is 10.2 Å². The van der Waals surface area contributed by atoms with Gasteiger partial charge in [0.2, 0.25) is 0 Å². The number of nitrogens with one attached hydrogen (secondary N) is 1. The Bertz CT molecular complexity index is 349. The molecule has 0 aromatic rings. The smallest absolute Gasteiger partial charge is 0.304 e. The lowest BCUT2D eigenvalue weighted by Crippen LogP contribution is -2.52. The SMILES string of the molecule is CCNS(=O)(=O)N1CCN(CCC(=O)O)CC1. The Kier molecular flexibility index (Phi) is 5.31. The van der Waals surface area contributed by atoms with Crippen LogP contribution in [0.3, 0.4) is 0 Å². The number of rotatable bonds is 6. The van der Waals surface area contributed by atoms with E-state index in [1.165, 1.54) is 4.31 Å². The van der Waals surface area contributed by atoms with E-state index in [0.29, 0.717) is 39.3 Å². The number of carbonyl (C=O) groups is 1. The van der Waals surface area contributed by atoms with Crippen molar-refractivity contribution in [1.29, 1.82) is 0 Å². The average molecular weight is 265 g/mol. The first kappa shape index (κ1) is 14.4. The molecular weight excluding hydrogens is 246 g/mol. The number of piperazine rings is 1. The van der Waals surface area contributed by atoms with Crippen molar-refractivity contribution >= 4 is 16.2 Å². The molecule has 0 atom stereocenters. The summed E-state index contributed by atoms with van der Waals surface area (Å²) >= 11 is 0. The third-order valence-electron chi connectivity index (χ3n) is 2.64. The van der Waals surface area contributed by atoms with Crippen LogP contribution in [0, 0.1) is 0 Å². The summed E-state index contributed by atoms with van der Waals surface area (Å²) in [5.74, 6) is -0.826. The van der Waals surface area contributed by atoms with Crippen LogP contribution in [0.2, 0.25) is 0 Å². The molecule has 1 aliphatic heterocycles. The van der Waals surface area contributed by atoms with E-state index in [9.17, 15) is 13.2 Å². The van der Waals surface area contributed by atoms with Crippen LogP contribution in [0.1, 0.15) is 13.3 Å². The zero-order valence-electron chi connectivity index (χ0n) is 9.92. The van der Waals surface area contributed by atoms with E-state index in [-0.39, 0.29) is 6.42 Å². The Labute approximate surface area is 102 Å². The molecule has 0 aromatic heterocycles. The lowest BCUT2D eigenvalue weighted by Gasteiger charge is -2.33. The highest BCUT2D eigenvalue weighted by atomic mass is 32.2. The van der Waals surface area contributed by atoms with E-state index < -0.39 is 16.2 Å². The third kappa shape index (κ3) is 4.58. The second kappa shape index (κ2) is 6.29. The fourth-order valence-corrected chi connectivity index (χ4v) is 2.91. The minimum atomic E-state index is -3.35. The molecule has 0 saturated carbocycles. The molecule has 8 heteroatoms. The van der Waals surface area contributed by atoms with Gasteiger partial charge in [-0.05, 0) is 0 Å². The molecule has 0 spiro atoms. The molecule has 1 heterocycles. The quantitative estimate of drug-likeness (QED) is 0.638. The Balaban J connectivity index is 2.38. The molecule has 1 saturated heterocycles. The monoisotopic (exact) mass is 265 g/mol. The van der Waals surface area contributed by atoms with Gasteiger partial charge >= 0.3 is 5.97 Å². The van der Waals surface area contributed by atoms with E-state index in [2.05, 4.69) is 4.72 Å². The molecule has 1 rings (SSSR count). The van der Waals surface area contributed by atoms with E-state index in [1.54, 1.807) is 6.92 Å². The molecule has 0 aliphatic carbocycles. The highest BCUT2D eigenvalue weighted by Gasteiger charge is 2.25. The van der Waals surface area contributed by atoms with Gasteiger partial charge in [-0.3, -0.25) is 4.79 Å². The van der Waals surface area contributed by atoms with Crippen LogP contribution >= 0.6 is 0 Å². The minimum Gasteiger partial charge on any atom is -0.481 e. The van der Waals surface area contributed by atoms with Gasteiger partial charge in [-0.2, -0.15) is 12.7 Å². The maximum absolute atomic E-state index is 11.7. The molecule has 7 nitrogen and oxygen atoms in total. The van der Waals surface area contributed by atoms with Gasteiger partial charge in [-0.15, -0.1) is 0 Å². The first-order valence-electron chi connectivity index (χ1n) is 5.64. The summed E-state index contributed by atoms with van der Waals surface area (Å²) in [5, 5.41) is 8.55. The van der Waals surface area contributed by atoms with Gasteiger partial charge in [0.05, 0.1) is 6.42 Å². The number of carboxylic acid groups (broad SMARTS) is 1. The van der Waals surface area contributed by atoms with Crippen molar-refractivity contribution in [2.24, 2.45) is 0 Å². The van der Waals surface area contributed by atoms with E-state index in [0.717, 1.165) is 0 Å². The number of aliphatic carboxylic acids is 1. The average Bonchev–Trinajstić information content (AvgIpc) is 2.27. The summed E-state index contributed by atoms with van der Waals surface area (Å²) in [4.78, 5) is 12.4. The summed E-state index contributed by atoms with van der Waals surface area (Å²) < 4.78 is 27.2. The lowest BCUT2D eigenvalue weighted by atomic mass is 10.3. The molecule has 100 valence electrons. The topological polar surface area (TPSA) is 90.0 Å². The van der Waals surface area contributed by atoms with Crippen LogP contribution in [0.15, 0.2) is 0 Å². The van der Waals surface area contributed by atoms with Gasteiger partial charge in [0.1, 0.15) is 0 Å². The van der Waals surface area contributed by atoms with Crippen LogP contribution in [-0.4, -0.2) is 68.0 Å². The molecule has 0 radical (unpaired) electrons. The summed E-state index contributed by atoms with van der Waals surface area (Å²) in [6.07, 6.45) is 0.0972. The minimum absolute atomic E-state index is 0.0972. The van der Waals surface area contributed by atoms with Crippen molar-refractivity contribution in [3.05, 3.63) is 0 Å². The van der Waals surface area contributed by atoms with Crippen molar-refractivity contribution in [2.75, 3.05) is 39.3 Å². The Morgan fingerprint density at radius 1 is 1.29 bits per heavy atom. The van der Waals surface area contributed by atoms with Gasteiger partial charge < -0.3 is 10.0 Å². The first-order chi connectivity index (χ1) is 7.95. The summed E-state index contributed by atoms with van der Waals surface area (Å²) in [5.41, 5.74) is 0. The van der Waals surface area contributed by atoms with Crippen molar-refractivity contribution in [3.63, 3.8) is 0 Å². The fraction of sp³-hybridized carbons (Fsp3) is 0.889. The van der Waals surface area contributed by atoms with Gasteiger partial charge in [-0.1, -0.05) is 6.92 Å². The predicted molar refractivity (Wildman–Crippen MR) is 62.9 cm³/mol. The van der Waals surface area contributed by atoms with Crippen LogP contribution in [0.5, 0.6) is 0 Å². The zero-order valence-corrected chi connectivity index (χ0v) is 10.7. The molecule has 1 fully saturated rings. The Morgan fingerprint density at radius 3 is 2.35 bits per heavy atom. The fourth-order valence-electron chi connectivity index (χ4n) is 1.72.